The lowest BCUT2D eigenvalue weighted by atomic mass is 9.88. The van der Waals surface area contributed by atoms with Gasteiger partial charge in [-0.2, -0.15) is 0 Å². The molecule has 2 fully saturated rings. The topological polar surface area (TPSA) is 108 Å². The number of anilines is 2. The summed E-state index contributed by atoms with van der Waals surface area (Å²) in [7, 11) is 0. The fourth-order valence-electron chi connectivity index (χ4n) is 4.40. The summed E-state index contributed by atoms with van der Waals surface area (Å²) >= 11 is 0. The number of hydrogen-bond acceptors (Lipinski definition) is 4. The third kappa shape index (κ3) is 6.54. The number of likely N-dealkylation sites (tertiary alicyclic amines) is 1. The van der Waals surface area contributed by atoms with E-state index in [9.17, 15) is 19.2 Å². The first-order valence-corrected chi connectivity index (χ1v) is 11.1. The number of nitrogens with zero attached hydrogens (tertiary/aromatic N) is 1. The van der Waals surface area contributed by atoms with Crippen LogP contribution in [0.4, 0.5) is 11.4 Å². The van der Waals surface area contributed by atoms with Gasteiger partial charge in [0.2, 0.25) is 17.7 Å². The molecule has 2 aliphatic rings. The molecule has 0 radical (unpaired) electrons. The first-order valence-electron chi connectivity index (χ1n) is 11.1. The fraction of sp³-hybridized carbons (Fsp3) is 0.565. The van der Waals surface area contributed by atoms with Crippen LogP contribution in [-0.2, 0) is 14.4 Å². The van der Waals surface area contributed by atoms with E-state index < -0.39 is 0 Å². The second-order valence-electron chi connectivity index (χ2n) is 8.57. The molecule has 1 saturated carbocycles. The quantitative estimate of drug-likeness (QED) is 0.670. The number of piperidine rings is 1. The third-order valence-corrected chi connectivity index (χ3v) is 5.93. The van der Waals surface area contributed by atoms with Crippen LogP contribution < -0.4 is 16.0 Å². The van der Waals surface area contributed by atoms with Crippen molar-refractivity contribution in [2.45, 2.75) is 64.8 Å². The van der Waals surface area contributed by atoms with Gasteiger partial charge in [-0.3, -0.25) is 19.2 Å². The highest BCUT2D eigenvalue weighted by Gasteiger charge is 2.28. The number of benzene rings is 1. The molecule has 1 aliphatic heterocycles. The fourth-order valence-corrected chi connectivity index (χ4v) is 4.40. The smallest absolute Gasteiger partial charge is 0.254 e. The van der Waals surface area contributed by atoms with Gasteiger partial charge in [0.05, 0.1) is 0 Å². The van der Waals surface area contributed by atoms with Crippen LogP contribution in [0.2, 0.25) is 0 Å². The first kappa shape index (κ1) is 22.8. The normalized spacial score (nSPS) is 17.7. The van der Waals surface area contributed by atoms with E-state index >= 15 is 0 Å². The first-order chi connectivity index (χ1) is 14.8. The van der Waals surface area contributed by atoms with Gasteiger partial charge < -0.3 is 20.9 Å². The number of nitrogens with one attached hydrogen (secondary N) is 3. The zero-order chi connectivity index (χ0) is 22.4. The highest BCUT2D eigenvalue weighted by molar-refractivity contribution is 6.00. The van der Waals surface area contributed by atoms with E-state index in [-0.39, 0.29) is 35.6 Å². The molecular formula is C23H32N4O4. The molecule has 8 nitrogen and oxygen atoms in total. The minimum atomic E-state index is -0.257. The molecule has 0 unspecified atom stereocenters. The number of carbonyl (C=O) groups excluding carboxylic acids is 4. The van der Waals surface area contributed by atoms with Gasteiger partial charge in [-0.1, -0.05) is 19.3 Å². The molecule has 0 atom stereocenters. The van der Waals surface area contributed by atoms with E-state index in [4.69, 9.17) is 0 Å². The van der Waals surface area contributed by atoms with Crippen molar-refractivity contribution in [1.29, 1.82) is 0 Å². The Hall–Kier alpha value is -2.90. The van der Waals surface area contributed by atoms with Crippen molar-refractivity contribution >= 4 is 35.0 Å². The van der Waals surface area contributed by atoms with Crippen molar-refractivity contribution in [3.05, 3.63) is 23.8 Å². The number of amides is 4. The molecule has 0 spiro atoms. The molecule has 1 heterocycles. The second kappa shape index (κ2) is 10.4. The van der Waals surface area contributed by atoms with E-state index in [2.05, 4.69) is 16.0 Å². The highest BCUT2D eigenvalue weighted by Crippen LogP contribution is 2.25. The van der Waals surface area contributed by atoms with Crippen LogP contribution in [0.3, 0.4) is 0 Å². The molecule has 31 heavy (non-hydrogen) atoms. The van der Waals surface area contributed by atoms with Crippen molar-refractivity contribution in [3.63, 3.8) is 0 Å². The second-order valence-corrected chi connectivity index (χ2v) is 8.57. The Kier molecular flexibility index (Phi) is 7.65. The van der Waals surface area contributed by atoms with Crippen molar-refractivity contribution in [3.8, 4) is 0 Å². The summed E-state index contributed by atoms with van der Waals surface area (Å²) < 4.78 is 0. The molecule has 3 N–H and O–H groups in total. The lowest BCUT2D eigenvalue weighted by molar-refractivity contribution is -0.127. The Balaban J connectivity index is 1.61. The van der Waals surface area contributed by atoms with Gasteiger partial charge in [-0.15, -0.1) is 0 Å². The van der Waals surface area contributed by atoms with Crippen LogP contribution in [-0.4, -0.2) is 47.7 Å². The summed E-state index contributed by atoms with van der Waals surface area (Å²) in [5, 5.41) is 8.51. The predicted octanol–water partition coefficient (Wildman–Crippen LogP) is 2.90. The van der Waals surface area contributed by atoms with Crippen molar-refractivity contribution in [1.82, 2.24) is 10.2 Å². The molecule has 4 amide bonds. The summed E-state index contributed by atoms with van der Waals surface area (Å²) in [6.45, 7) is 3.88. The molecule has 1 saturated heterocycles. The summed E-state index contributed by atoms with van der Waals surface area (Å²) in [5.74, 6) is -0.374. The average molecular weight is 429 g/mol. The monoisotopic (exact) mass is 428 g/mol. The molecule has 0 aromatic heterocycles. The van der Waals surface area contributed by atoms with Gasteiger partial charge in [0.25, 0.3) is 5.91 Å². The van der Waals surface area contributed by atoms with E-state index in [1.54, 1.807) is 23.1 Å². The van der Waals surface area contributed by atoms with E-state index in [0.29, 0.717) is 42.9 Å². The molecular weight excluding hydrogens is 396 g/mol. The maximum absolute atomic E-state index is 13.1. The number of rotatable bonds is 5. The molecule has 0 bridgehead atoms. The average Bonchev–Trinajstić information content (AvgIpc) is 2.73. The van der Waals surface area contributed by atoms with E-state index in [1.807, 2.05) is 0 Å². The van der Waals surface area contributed by atoms with Gasteiger partial charge in [-0.25, -0.2) is 0 Å². The summed E-state index contributed by atoms with van der Waals surface area (Å²) in [4.78, 5) is 50.2. The highest BCUT2D eigenvalue weighted by atomic mass is 16.2. The van der Waals surface area contributed by atoms with E-state index in [0.717, 1.165) is 25.7 Å². The SMILES string of the molecule is CC(=O)Nc1cc(NC(C)=O)cc(C(=O)N2CCC(NC(=O)C3CCCCC3)CC2)c1. The largest absolute Gasteiger partial charge is 0.353 e. The summed E-state index contributed by atoms with van der Waals surface area (Å²) in [5.41, 5.74) is 1.31. The number of carbonyl (C=O) groups is 4. The third-order valence-electron chi connectivity index (χ3n) is 5.93. The Bertz CT molecular complexity index is 806. The van der Waals surface area contributed by atoms with Gasteiger partial charge in [0.1, 0.15) is 0 Å². The van der Waals surface area contributed by atoms with Crippen LogP contribution >= 0.6 is 0 Å². The van der Waals surface area contributed by atoms with Crippen molar-refractivity contribution in [2.24, 2.45) is 5.92 Å². The molecule has 1 aromatic carbocycles. The lowest BCUT2D eigenvalue weighted by Gasteiger charge is -2.33. The van der Waals surface area contributed by atoms with Gasteiger partial charge in [0.15, 0.2) is 0 Å². The summed E-state index contributed by atoms with van der Waals surface area (Å²) in [6, 6.07) is 4.95. The van der Waals surface area contributed by atoms with Gasteiger partial charge in [-0.05, 0) is 43.9 Å². The van der Waals surface area contributed by atoms with Crippen LogP contribution in [0.25, 0.3) is 0 Å². The minimum absolute atomic E-state index is 0.0964. The lowest BCUT2D eigenvalue weighted by Crippen LogP contribution is -2.48. The summed E-state index contributed by atoms with van der Waals surface area (Å²) in [6.07, 6.45) is 6.86. The minimum Gasteiger partial charge on any atom is -0.353 e. The Morgan fingerprint density at radius 1 is 0.806 bits per heavy atom. The maximum Gasteiger partial charge on any atom is 0.254 e. The molecule has 8 heteroatoms. The van der Waals surface area contributed by atoms with E-state index in [1.165, 1.54) is 20.3 Å². The Morgan fingerprint density at radius 2 is 1.35 bits per heavy atom. The van der Waals surface area contributed by atoms with Crippen LogP contribution in [0, 0.1) is 5.92 Å². The standard InChI is InChI=1S/C23H32N4O4/c1-15(28)24-20-12-18(13-21(14-20)25-16(2)29)23(31)27-10-8-19(9-11-27)26-22(30)17-6-4-3-5-7-17/h12-14,17,19H,3-11H2,1-2H3,(H,24,28)(H,25,29)(H,26,30). The predicted molar refractivity (Wildman–Crippen MR) is 119 cm³/mol. The zero-order valence-corrected chi connectivity index (χ0v) is 18.3. The van der Waals surface area contributed by atoms with Gasteiger partial charge in [0, 0.05) is 55.8 Å². The van der Waals surface area contributed by atoms with Crippen LogP contribution in [0.5, 0.6) is 0 Å². The van der Waals surface area contributed by atoms with Crippen LogP contribution in [0.1, 0.15) is 69.2 Å². The van der Waals surface area contributed by atoms with Crippen LogP contribution in [0.15, 0.2) is 18.2 Å². The molecule has 168 valence electrons. The van der Waals surface area contributed by atoms with Gasteiger partial charge >= 0.3 is 0 Å². The van der Waals surface area contributed by atoms with Crippen molar-refractivity contribution < 1.29 is 19.2 Å². The Labute approximate surface area is 183 Å². The molecule has 3 rings (SSSR count). The zero-order valence-electron chi connectivity index (χ0n) is 18.3. The molecule has 1 aliphatic carbocycles. The van der Waals surface area contributed by atoms with Crippen molar-refractivity contribution in [2.75, 3.05) is 23.7 Å². The Morgan fingerprint density at radius 3 is 1.87 bits per heavy atom. The maximum atomic E-state index is 13.1. The molecule has 1 aromatic rings. The number of hydrogen-bond donors (Lipinski definition) is 3.